The first-order chi connectivity index (χ1) is 11.1. The number of nitrogens with one attached hydrogen (secondary N) is 2. The lowest BCUT2D eigenvalue weighted by Gasteiger charge is -2.04. The Hall–Kier alpha value is -2.26. The van der Waals surface area contributed by atoms with Crippen molar-refractivity contribution in [2.75, 3.05) is 11.1 Å². The number of thioether (sulfide) groups is 1. The third-order valence-corrected chi connectivity index (χ3v) is 4.48. The van der Waals surface area contributed by atoms with Gasteiger partial charge in [0.05, 0.1) is 10.6 Å². The second kappa shape index (κ2) is 6.88. The van der Waals surface area contributed by atoms with E-state index in [1.54, 1.807) is 0 Å². The number of thiophene rings is 1. The van der Waals surface area contributed by atoms with Crippen molar-refractivity contribution in [3.63, 3.8) is 0 Å². The highest BCUT2D eigenvalue weighted by Crippen LogP contribution is 2.23. The number of carbonyl (C=O) groups is 1. The number of H-pyrrole nitrogens is 1. The lowest BCUT2D eigenvalue weighted by molar-refractivity contribution is -0.113. The summed E-state index contributed by atoms with van der Waals surface area (Å²) in [4.78, 5) is 17.0. The third-order valence-electron chi connectivity index (χ3n) is 2.76. The predicted octanol–water partition coefficient (Wildman–Crippen LogP) is 3.54. The summed E-state index contributed by atoms with van der Waals surface area (Å²) in [6, 6.07) is 7.00. The second-order valence-electron chi connectivity index (χ2n) is 4.41. The number of hydrogen-bond donors (Lipinski definition) is 2. The fourth-order valence-corrected chi connectivity index (χ4v) is 3.00. The molecule has 0 radical (unpaired) electrons. The molecule has 0 aliphatic heterocycles. The van der Waals surface area contributed by atoms with E-state index < -0.39 is 11.6 Å². The molecule has 0 saturated heterocycles. The molecule has 0 aliphatic carbocycles. The number of halogens is 2. The third kappa shape index (κ3) is 3.93. The van der Waals surface area contributed by atoms with E-state index in [2.05, 4.69) is 20.5 Å². The van der Waals surface area contributed by atoms with Crippen molar-refractivity contribution in [1.29, 1.82) is 0 Å². The Morgan fingerprint density at radius 2 is 2.17 bits per heavy atom. The Bertz CT molecular complexity index is 820. The molecule has 0 spiro atoms. The highest BCUT2D eigenvalue weighted by atomic mass is 32.2. The summed E-state index contributed by atoms with van der Waals surface area (Å²) in [6.45, 7) is 0. The topological polar surface area (TPSA) is 70.7 Å². The van der Waals surface area contributed by atoms with Crippen LogP contribution in [-0.2, 0) is 4.79 Å². The molecule has 0 fully saturated rings. The maximum Gasteiger partial charge on any atom is 0.234 e. The summed E-state index contributed by atoms with van der Waals surface area (Å²) in [6.07, 6.45) is 0. The van der Waals surface area contributed by atoms with Crippen molar-refractivity contribution in [2.45, 2.75) is 5.16 Å². The van der Waals surface area contributed by atoms with Crippen LogP contribution in [0, 0.1) is 11.6 Å². The van der Waals surface area contributed by atoms with E-state index in [0.717, 1.165) is 28.8 Å². The minimum absolute atomic E-state index is 0.0563. The molecule has 5 nitrogen and oxygen atoms in total. The molecule has 0 atom stereocenters. The molecule has 0 aliphatic rings. The molecule has 2 aromatic heterocycles. The van der Waals surface area contributed by atoms with Crippen molar-refractivity contribution >= 4 is 34.7 Å². The van der Waals surface area contributed by atoms with Gasteiger partial charge in [-0.2, -0.15) is 0 Å². The maximum atomic E-state index is 13.1. The van der Waals surface area contributed by atoms with Crippen LogP contribution >= 0.6 is 23.1 Å². The van der Waals surface area contributed by atoms with Crippen LogP contribution in [0.2, 0.25) is 0 Å². The van der Waals surface area contributed by atoms with Crippen LogP contribution in [0.5, 0.6) is 0 Å². The standard InChI is InChI=1S/C14H10F2N4OS2/c15-9-4-3-8(6-10(9)16)17-12(21)7-23-14-18-13(19-20-14)11-2-1-5-22-11/h1-6H,7H2,(H,17,21)(H,18,19,20). The summed E-state index contributed by atoms with van der Waals surface area (Å²) in [7, 11) is 0. The van der Waals surface area contributed by atoms with Crippen LogP contribution in [0.4, 0.5) is 14.5 Å². The van der Waals surface area contributed by atoms with Gasteiger partial charge in [-0.15, -0.1) is 16.4 Å². The van der Waals surface area contributed by atoms with E-state index in [-0.39, 0.29) is 17.3 Å². The van der Waals surface area contributed by atoms with E-state index in [0.29, 0.717) is 11.0 Å². The number of nitrogens with zero attached hydrogens (tertiary/aromatic N) is 2. The Morgan fingerprint density at radius 1 is 1.30 bits per heavy atom. The van der Waals surface area contributed by atoms with Gasteiger partial charge in [-0.25, -0.2) is 13.8 Å². The van der Waals surface area contributed by atoms with Crippen molar-refractivity contribution in [3.05, 3.63) is 47.3 Å². The zero-order valence-corrected chi connectivity index (χ0v) is 13.2. The lowest BCUT2D eigenvalue weighted by Crippen LogP contribution is -2.14. The Morgan fingerprint density at radius 3 is 2.91 bits per heavy atom. The molecule has 3 rings (SSSR count). The first kappa shape index (κ1) is 15.6. The van der Waals surface area contributed by atoms with Crippen LogP contribution in [0.3, 0.4) is 0 Å². The number of anilines is 1. The zero-order valence-electron chi connectivity index (χ0n) is 11.5. The number of rotatable bonds is 5. The summed E-state index contributed by atoms with van der Waals surface area (Å²) in [5.74, 6) is -1.63. The van der Waals surface area contributed by atoms with Crippen LogP contribution in [0.25, 0.3) is 10.7 Å². The first-order valence-corrected chi connectivity index (χ1v) is 8.32. The Labute approximate surface area is 138 Å². The van der Waals surface area contributed by atoms with Crippen LogP contribution in [0.1, 0.15) is 0 Å². The molecule has 0 bridgehead atoms. The Kier molecular flexibility index (Phi) is 4.68. The average molecular weight is 352 g/mol. The number of carbonyl (C=O) groups excluding carboxylic acids is 1. The minimum atomic E-state index is -1.01. The van der Waals surface area contributed by atoms with E-state index in [1.807, 2.05) is 17.5 Å². The predicted molar refractivity (Wildman–Crippen MR) is 85.4 cm³/mol. The van der Waals surface area contributed by atoms with Gasteiger partial charge >= 0.3 is 0 Å². The van der Waals surface area contributed by atoms with Crippen LogP contribution in [0.15, 0.2) is 40.9 Å². The number of benzene rings is 1. The zero-order chi connectivity index (χ0) is 16.2. The van der Waals surface area contributed by atoms with Crippen LogP contribution < -0.4 is 5.32 Å². The van der Waals surface area contributed by atoms with Gasteiger partial charge in [0.15, 0.2) is 17.5 Å². The normalized spacial score (nSPS) is 10.7. The number of aromatic amines is 1. The molecule has 0 saturated carbocycles. The molecule has 3 aromatic rings. The monoisotopic (exact) mass is 352 g/mol. The minimum Gasteiger partial charge on any atom is -0.325 e. The van der Waals surface area contributed by atoms with Gasteiger partial charge in [0, 0.05) is 11.8 Å². The van der Waals surface area contributed by atoms with Gasteiger partial charge in [-0.1, -0.05) is 17.8 Å². The molecule has 118 valence electrons. The van der Waals surface area contributed by atoms with Crippen LogP contribution in [-0.4, -0.2) is 26.8 Å². The lowest BCUT2D eigenvalue weighted by atomic mass is 10.3. The summed E-state index contributed by atoms with van der Waals surface area (Å²) in [5.41, 5.74) is 0.198. The molecule has 1 amide bonds. The van der Waals surface area contributed by atoms with Gasteiger partial charge < -0.3 is 5.32 Å². The van der Waals surface area contributed by atoms with Gasteiger partial charge in [-0.3, -0.25) is 9.89 Å². The molecule has 2 N–H and O–H groups in total. The van der Waals surface area contributed by atoms with Crippen molar-refractivity contribution in [3.8, 4) is 10.7 Å². The average Bonchev–Trinajstić information content (AvgIpc) is 3.19. The first-order valence-electron chi connectivity index (χ1n) is 6.46. The highest BCUT2D eigenvalue weighted by molar-refractivity contribution is 7.99. The number of hydrogen-bond acceptors (Lipinski definition) is 5. The highest BCUT2D eigenvalue weighted by Gasteiger charge is 2.10. The summed E-state index contributed by atoms with van der Waals surface area (Å²) < 4.78 is 25.9. The van der Waals surface area contributed by atoms with Crippen molar-refractivity contribution in [2.24, 2.45) is 0 Å². The smallest absolute Gasteiger partial charge is 0.234 e. The largest absolute Gasteiger partial charge is 0.325 e. The summed E-state index contributed by atoms with van der Waals surface area (Å²) in [5, 5.41) is 11.7. The van der Waals surface area contributed by atoms with E-state index in [4.69, 9.17) is 0 Å². The number of aromatic nitrogens is 3. The fourth-order valence-electron chi connectivity index (χ4n) is 1.74. The van der Waals surface area contributed by atoms with Gasteiger partial charge in [-0.05, 0) is 23.6 Å². The molecule has 9 heteroatoms. The summed E-state index contributed by atoms with van der Waals surface area (Å²) >= 11 is 2.67. The van der Waals surface area contributed by atoms with E-state index >= 15 is 0 Å². The van der Waals surface area contributed by atoms with Gasteiger partial charge in [0.2, 0.25) is 11.1 Å². The molecular weight excluding hydrogens is 342 g/mol. The molecule has 0 unspecified atom stereocenters. The molecular formula is C14H10F2N4OS2. The second-order valence-corrected chi connectivity index (χ2v) is 6.30. The molecule has 2 heterocycles. The Balaban J connectivity index is 1.55. The molecule has 1 aromatic carbocycles. The maximum absolute atomic E-state index is 13.1. The SMILES string of the molecule is O=C(CSc1n[nH]c(-c2cccs2)n1)Nc1ccc(F)c(F)c1. The van der Waals surface area contributed by atoms with Gasteiger partial charge in [0.25, 0.3) is 0 Å². The van der Waals surface area contributed by atoms with Crippen molar-refractivity contribution < 1.29 is 13.6 Å². The molecule has 23 heavy (non-hydrogen) atoms. The number of amides is 1. The quantitative estimate of drug-likeness (QED) is 0.689. The fraction of sp³-hybridized carbons (Fsp3) is 0.0714. The van der Waals surface area contributed by atoms with E-state index in [1.165, 1.54) is 17.4 Å². The van der Waals surface area contributed by atoms with Crippen molar-refractivity contribution in [1.82, 2.24) is 15.2 Å². The van der Waals surface area contributed by atoms with Gasteiger partial charge in [0.1, 0.15) is 0 Å². The van der Waals surface area contributed by atoms with E-state index in [9.17, 15) is 13.6 Å².